The molecule has 88 valence electrons. The van der Waals surface area contributed by atoms with Gasteiger partial charge in [-0.2, -0.15) is 0 Å². The molecular weight excluding hydrogens is 204 g/mol. The van der Waals surface area contributed by atoms with Crippen molar-refractivity contribution in [2.24, 2.45) is 11.8 Å². The molecule has 2 nitrogen and oxygen atoms in total. The van der Waals surface area contributed by atoms with Crippen LogP contribution >= 0.6 is 12.2 Å². The summed E-state index contributed by atoms with van der Waals surface area (Å²) in [6.45, 7) is 7.67. The predicted octanol–water partition coefficient (Wildman–Crippen LogP) is 2.69. The zero-order valence-electron chi connectivity index (χ0n) is 10.2. The van der Waals surface area contributed by atoms with E-state index in [-0.39, 0.29) is 0 Å². The van der Waals surface area contributed by atoms with Gasteiger partial charge in [0.25, 0.3) is 0 Å². The SMILES string of the molecule is CC(C)CNC(=S)NC1CCCCC1C. The summed E-state index contributed by atoms with van der Waals surface area (Å²) in [5.41, 5.74) is 0. The summed E-state index contributed by atoms with van der Waals surface area (Å²) in [4.78, 5) is 0. The molecule has 2 unspecified atom stereocenters. The van der Waals surface area contributed by atoms with E-state index >= 15 is 0 Å². The minimum absolute atomic E-state index is 0.589. The molecule has 0 aromatic carbocycles. The van der Waals surface area contributed by atoms with Crippen molar-refractivity contribution < 1.29 is 0 Å². The van der Waals surface area contributed by atoms with Crippen molar-refractivity contribution in [2.45, 2.75) is 52.5 Å². The number of hydrogen-bond acceptors (Lipinski definition) is 1. The second kappa shape index (κ2) is 6.31. The molecule has 1 aliphatic rings. The topological polar surface area (TPSA) is 24.1 Å². The molecule has 0 radical (unpaired) electrons. The van der Waals surface area contributed by atoms with Crippen LogP contribution in [0, 0.1) is 11.8 Å². The van der Waals surface area contributed by atoms with Crippen molar-refractivity contribution in [3.05, 3.63) is 0 Å². The largest absolute Gasteiger partial charge is 0.362 e. The van der Waals surface area contributed by atoms with E-state index in [9.17, 15) is 0 Å². The van der Waals surface area contributed by atoms with Crippen LogP contribution in [0.15, 0.2) is 0 Å². The first kappa shape index (κ1) is 12.8. The summed E-state index contributed by atoms with van der Waals surface area (Å²) in [7, 11) is 0. The van der Waals surface area contributed by atoms with Gasteiger partial charge in [0.15, 0.2) is 5.11 Å². The third-order valence-electron chi connectivity index (χ3n) is 3.10. The third kappa shape index (κ3) is 4.83. The molecule has 0 aromatic rings. The molecule has 3 heteroatoms. The molecule has 1 rings (SSSR count). The zero-order valence-corrected chi connectivity index (χ0v) is 11.0. The summed E-state index contributed by atoms with van der Waals surface area (Å²) < 4.78 is 0. The third-order valence-corrected chi connectivity index (χ3v) is 3.36. The van der Waals surface area contributed by atoms with Crippen LogP contribution in [0.2, 0.25) is 0 Å². The van der Waals surface area contributed by atoms with E-state index in [2.05, 4.69) is 31.4 Å². The van der Waals surface area contributed by atoms with Crippen LogP contribution in [-0.4, -0.2) is 17.7 Å². The maximum Gasteiger partial charge on any atom is 0.166 e. The molecule has 0 saturated heterocycles. The molecular formula is C12H24N2S. The first-order valence-corrected chi connectivity index (χ1v) is 6.54. The Morgan fingerprint density at radius 3 is 2.60 bits per heavy atom. The van der Waals surface area contributed by atoms with Crippen molar-refractivity contribution in [1.29, 1.82) is 0 Å². The van der Waals surface area contributed by atoms with Crippen LogP contribution < -0.4 is 10.6 Å². The van der Waals surface area contributed by atoms with Gasteiger partial charge in [-0.25, -0.2) is 0 Å². The Kier molecular flexibility index (Phi) is 5.37. The number of thiocarbonyl (C=S) groups is 1. The molecule has 2 atom stereocenters. The van der Waals surface area contributed by atoms with Gasteiger partial charge in [0, 0.05) is 12.6 Å². The normalized spacial score (nSPS) is 26.4. The van der Waals surface area contributed by atoms with Gasteiger partial charge in [-0.15, -0.1) is 0 Å². The number of hydrogen-bond donors (Lipinski definition) is 2. The Morgan fingerprint density at radius 2 is 2.00 bits per heavy atom. The first-order valence-electron chi connectivity index (χ1n) is 6.14. The minimum atomic E-state index is 0.589. The van der Waals surface area contributed by atoms with Gasteiger partial charge in [0.1, 0.15) is 0 Å². The Balaban J connectivity index is 2.24. The van der Waals surface area contributed by atoms with E-state index in [4.69, 9.17) is 12.2 Å². The van der Waals surface area contributed by atoms with Crippen LogP contribution in [0.5, 0.6) is 0 Å². The predicted molar refractivity (Wildman–Crippen MR) is 70.0 cm³/mol. The minimum Gasteiger partial charge on any atom is -0.362 e. The lowest BCUT2D eigenvalue weighted by Gasteiger charge is -2.30. The Morgan fingerprint density at radius 1 is 1.33 bits per heavy atom. The Labute approximate surface area is 99.2 Å². The van der Waals surface area contributed by atoms with Crippen molar-refractivity contribution in [2.75, 3.05) is 6.54 Å². The van der Waals surface area contributed by atoms with Crippen LogP contribution in [-0.2, 0) is 0 Å². The summed E-state index contributed by atoms with van der Waals surface area (Å²) in [6.07, 6.45) is 5.33. The Bertz CT molecular complexity index is 204. The fraction of sp³-hybridized carbons (Fsp3) is 0.917. The average Bonchev–Trinajstić information content (AvgIpc) is 2.18. The monoisotopic (exact) mass is 228 g/mol. The lowest BCUT2D eigenvalue weighted by atomic mass is 9.86. The molecule has 2 N–H and O–H groups in total. The zero-order chi connectivity index (χ0) is 11.3. The maximum absolute atomic E-state index is 5.28. The number of rotatable bonds is 3. The smallest absolute Gasteiger partial charge is 0.166 e. The van der Waals surface area contributed by atoms with Crippen LogP contribution in [0.1, 0.15) is 46.5 Å². The molecule has 0 heterocycles. The van der Waals surface area contributed by atoms with Gasteiger partial charge >= 0.3 is 0 Å². The molecule has 0 aromatic heterocycles. The second-order valence-electron chi connectivity index (χ2n) is 5.12. The molecule has 15 heavy (non-hydrogen) atoms. The van der Waals surface area contributed by atoms with Gasteiger partial charge in [-0.1, -0.05) is 33.6 Å². The highest BCUT2D eigenvalue weighted by Gasteiger charge is 2.21. The van der Waals surface area contributed by atoms with Gasteiger partial charge < -0.3 is 10.6 Å². The van der Waals surface area contributed by atoms with E-state index in [0.717, 1.165) is 17.6 Å². The summed E-state index contributed by atoms with van der Waals surface area (Å²) in [5.74, 6) is 1.41. The molecule has 0 amide bonds. The van der Waals surface area contributed by atoms with E-state index in [1.165, 1.54) is 25.7 Å². The lowest BCUT2D eigenvalue weighted by Crippen LogP contribution is -2.46. The molecule has 0 bridgehead atoms. The summed E-state index contributed by atoms with van der Waals surface area (Å²) in [5, 5.41) is 7.55. The van der Waals surface area contributed by atoms with Crippen molar-refractivity contribution in [1.82, 2.24) is 10.6 Å². The highest BCUT2D eigenvalue weighted by molar-refractivity contribution is 7.80. The summed E-state index contributed by atoms with van der Waals surface area (Å²) >= 11 is 5.28. The first-order chi connectivity index (χ1) is 7.09. The van der Waals surface area contributed by atoms with E-state index in [0.29, 0.717) is 12.0 Å². The van der Waals surface area contributed by atoms with Gasteiger partial charge in [0.05, 0.1) is 0 Å². The van der Waals surface area contributed by atoms with Crippen molar-refractivity contribution >= 4 is 17.3 Å². The molecule has 1 fully saturated rings. The van der Waals surface area contributed by atoms with Crippen LogP contribution in [0.25, 0.3) is 0 Å². The molecule has 1 saturated carbocycles. The van der Waals surface area contributed by atoms with Gasteiger partial charge in [0.2, 0.25) is 0 Å². The van der Waals surface area contributed by atoms with E-state index < -0.39 is 0 Å². The van der Waals surface area contributed by atoms with Gasteiger partial charge in [-0.05, 0) is 36.9 Å². The van der Waals surface area contributed by atoms with Crippen molar-refractivity contribution in [3.63, 3.8) is 0 Å². The number of nitrogens with one attached hydrogen (secondary N) is 2. The highest BCUT2D eigenvalue weighted by atomic mass is 32.1. The highest BCUT2D eigenvalue weighted by Crippen LogP contribution is 2.23. The average molecular weight is 228 g/mol. The van der Waals surface area contributed by atoms with Gasteiger partial charge in [-0.3, -0.25) is 0 Å². The molecule has 0 aliphatic heterocycles. The second-order valence-corrected chi connectivity index (χ2v) is 5.52. The van der Waals surface area contributed by atoms with Crippen LogP contribution in [0.3, 0.4) is 0 Å². The van der Waals surface area contributed by atoms with Crippen molar-refractivity contribution in [3.8, 4) is 0 Å². The Hall–Kier alpha value is -0.310. The van der Waals surface area contributed by atoms with Crippen LogP contribution in [0.4, 0.5) is 0 Å². The molecule has 1 aliphatic carbocycles. The fourth-order valence-corrected chi connectivity index (χ4v) is 2.28. The summed E-state index contributed by atoms with van der Waals surface area (Å²) in [6, 6.07) is 0.589. The quantitative estimate of drug-likeness (QED) is 0.726. The van der Waals surface area contributed by atoms with E-state index in [1.807, 2.05) is 0 Å². The maximum atomic E-state index is 5.28. The molecule has 0 spiro atoms. The lowest BCUT2D eigenvalue weighted by molar-refractivity contribution is 0.308. The van der Waals surface area contributed by atoms with E-state index in [1.54, 1.807) is 0 Å². The fourth-order valence-electron chi connectivity index (χ4n) is 2.05. The standard InChI is InChI=1S/C12H24N2S/c1-9(2)8-13-12(15)14-11-7-5-4-6-10(11)3/h9-11H,4-8H2,1-3H3,(H2,13,14,15).